The van der Waals surface area contributed by atoms with E-state index in [-0.39, 0.29) is 5.91 Å². The molecule has 0 bridgehead atoms. The van der Waals surface area contributed by atoms with Crippen LogP contribution in [0.5, 0.6) is 11.6 Å². The van der Waals surface area contributed by atoms with E-state index in [1.54, 1.807) is 54.2 Å². The summed E-state index contributed by atoms with van der Waals surface area (Å²) in [6.07, 6.45) is 5.21. The Morgan fingerprint density at radius 3 is 2.73 bits per heavy atom. The van der Waals surface area contributed by atoms with Crippen LogP contribution in [0.25, 0.3) is 20.8 Å². The maximum atomic E-state index is 11.1. The fourth-order valence-electron chi connectivity index (χ4n) is 2.45. The molecule has 0 radical (unpaired) electrons. The van der Waals surface area contributed by atoms with Gasteiger partial charge < -0.3 is 10.1 Å². The lowest BCUT2D eigenvalue weighted by atomic mass is 10.2. The van der Waals surface area contributed by atoms with Crippen LogP contribution in [0.4, 0.5) is 5.69 Å². The minimum atomic E-state index is -0.115. The molecule has 0 spiro atoms. The third-order valence-electron chi connectivity index (χ3n) is 3.58. The lowest BCUT2D eigenvalue weighted by Crippen LogP contribution is -2.05. The minimum absolute atomic E-state index is 0.115. The van der Waals surface area contributed by atoms with E-state index < -0.39 is 0 Å². The molecule has 4 aromatic rings. The summed E-state index contributed by atoms with van der Waals surface area (Å²) in [6.45, 7) is 1.47. The number of thiazole rings is 1. The molecule has 3 aromatic heterocycles. The molecule has 1 aromatic carbocycles. The first-order valence-corrected chi connectivity index (χ1v) is 8.72. The Hall–Kier alpha value is -3.32. The second-order valence-electron chi connectivity index (χ2n) is 5.53. The number of carbonyl (C=O) groups excluding carboxylic acids is 1. The van der Waals surface area contributed by atoms with Crippen molar-refractivity contribution in [2.24, 2.45) is 0 Å². The average Bonchev–Trinajstić information content (AvgIpc) is 3.07. The van der Waals surface area contributed by atoms with Crippen LogP contribution in [0.1, 0.15) is 6.92 Å². The normalized spacial score (nSPS) is 10.7. The Bertz CT molecular complexity index is 1040. The molecule has 0 atom stereocenters. The Kier molecular flexibility index (Phi) is 4.28. The molecule has 128 valence electrons. The van der Waals surface area contributed by atoms with E-state index >= 15 is 0 Å². The van der Waals surface area contributed by atoms with E-state index in [0.717, 1.165) is 20.8 Å². The Morgan fingerprint density at radius 2 is 1.96 bits per heavy atom. The highest BCUT2D eigenvalue weighted by Gasteiger charge is 2.13. The van der Waals surface area contributed by atoms with Crippen LogP contribution >= 0.6 is 11.3 Å². The van der Waals surface area contributed by atoms with Crippen molar-refractivity contribution in [1.29, 1.82) is 0 Å². The van der Waals surface area contributed by atoms with E-state index in [4.69, 9.17) is 4.74 Å². The Morgan fingerprint density at radius 1 is 1.12 bits per heavy atom. The summed E-state index contributed by atoms with van der Waals surface area (Å²) in [5.41, 5.74) is 2.43. The van der Waals surface area contributed by atoms with Gasteiger partial charge in [-0.15, -0.1) is 11.3 Å². The number of anilines is 1. The van der Waals surface area contributed by atoms with Crippen LogP contribution < -0.4 is 10.1 Å². The number of aromatic nitrogens is 3. The third kappa shape index (κ3) is 3.38. The molecule has 26 heavy (non-hydrogen) atoms. The second kappa shape index (κ2) is 6.89. The van der Waals surface area contributed by atoms with E-state index in [1.165, 1.54) is 6.92 Å². The molecular formula is C19H14N4O2S. The van der Waals surface area contributed by atoms with Gasteiger partial charge in [-0.25, -0.2) is 9.97 Å². The molecule has 0 saturated carbocycles. The molecule has 0 aliphatic heterocycles. The molecule has 7 heteroatoms. The van der Waals surface area contributed by atoms with E-state index in [0.29, 0.717) is 17.3 Å². The SMILES string of the molecule is CC(=O)Nc1ccc(Oc2ncccc2-c2nc3ccncc3s2)cc1. The molecule has 0 unspecified atom stereocenters. The molecule has 0 aliphatic rings. The van der Waals surface area contributed by atoms with Gasteiger partial charge in [0, 0.05) is 31.2 Å². The fraction of sp³-hybridized carbons (Fsp3) is 0.0526. The van der Waals surface area contributed by atoms with Crippen molar-refractivity contribution in [3.63, 3.8) is 0 Å². The van der Waals surface area contributed by atoms with Gasteiger partial charge in [0.2, 0.25) is 11.8 Å². The molecule has 0 fully saturated rings. The number of fused-ring (bicyclic) bond motifs is 1. The van der Waals surface area contributed by atoms with Crippen LogP contribution in [0.3, 0.4) is 0 Å². The molecule has 0 aliphatic carbocycles. The van der Waals surface area contributed by atoms with E-state index in [1.807, 2.05) is 18.2 Å². The standard InChI is InChI=1S/C19H14N4O2S/c1-12(24)22-13-4-6-14(7-5-13)25-18-15(3-2-9-21-18)19-23-16-8-10-20-11-17(16)26-19/h2-11H,1H3,(H,22,24). The van der Waals surface area contributed by atoms with Gasteiger partial charge in [-0.2, -0.15) is 0 Å². The number of ether oxygens (including phenoxy) is 1. The van der Waals surface area contributed by atoms with Gasteiger partial charge in [0.25, 0.3) is 0 Å². The average molecular weight is 362 g/mol. The highest BCUT2D eigenvalue weighted by Crippen LogP contribution is 2.36. The lowest BCUT2D eigenvalue weighted by molar-refractivity contribution is -0.114. The van der Waals surface area contributed by atoms with E-state index in [9.17, 15) is 4.79 Å². The van der Waals surface area contributed by atoms with Gasteiger partial charge in [0.05, 0.1) is 15.8 Å². The molecule has 0 saturated heterocycles. The van der Waals surface area contributed by atoms with Crippen LogP contribution in [0.15, 0.2) is 61.1 Å². The molecule has 3 heterocycles. The quantitative estimate of drug-likeness (QED) is 0.578. The van der Waals surface area contributed by atoms with Gasteiger partial charge in [-0.1, -0.05) is 0 Å². The van der Waals surface area contributed by atoms with Crippen molar-refractivity contribution in [2.75, 3.05) is 5.32 Å². The zero-order valence-corrected chi connectivity index (χ0v) is 14.7. The summed E-state index contributed by atoms with van der Waals surface area (Å²) in [6, 6.07) is 12.8. The summed E-state index contributed by atoms with van der Waals surface area (Å²) in [5, 5.41) is 3.55. The highest BCUT2D eigenvalue weighted by molar-refractivity contribution is 7.21. The van der Waals surface area contributed by atoms with Crippen LogP contribution in [-0.2, 0) is 4.79 Å². The number of benzene rings is 1. The predicted octanol–water partition coefficient (Wildman–Crippen LogP) is 4.50. The summed E-state index contributed by atoms with van der Waals surface area (Å²) in [7, 11) is 0. The Balaban J connectivity index is 1.64. The van der Waals surface area contributed by atoms with Crippen molar-refractivity contribution in [3.8, 4) is 22.2 Å². The zero-order chi connectivity index (χ0) is 17.9. The molecule has 4 rings (SSSR count). The van der Waals surface area contributed by atoms with Crippen LogP contribution in [-0.4, -0.2) is 20.9 Å². The third-order valence-corrected chi connectivity index (χ3v) is 4.62. The number of hydrogen-bond donors (Lipinski definition) is 1. The predicted molar refractivity (Wildman–Crippen MR) is 101 cm³/mol. The van der Waals surface area contributed by atoms with Gasteiger partial charge in [-0.05, 0) is 42.5 Å². The fourth-order valence-corrected chi connectivity index (χ4v) is 3.40. The summed E-state index contributed by atoms with van der Waals surface area (Å²) in [5.74, 6) is 0.990. The van der Waals surface area contributed by atoms with Crippen LogP contribution in [0, 0.1) is 0 Å². The topological polar surface area (TPSA) is 77.0 Å². The zero-order valence-electron chi connectivity index (χ0n) is 13.8. The number of amides is 1. The van der Waals surface area contributed by atoms with E-state index in [2.05, 4.69) is 20.3 Å². The molecule has 1 N–H and O–H groups in total. The van der Waals surface area contributed by atoms with Crippen molar-refractivity contribution in [1.82, 2.24) is 15.0 Å². The monoisotopic (exact) mass is 362 g/mol. The maximum absolute atomic E-state index is 11.1. The Labute approximate surface area is 153 Å². The van der Waals surface area contributed by atoms with Gasteiger partial charge >= 0.3 is 0 Å². The highest BCUT2D eigenvalue weighted by atomic mass is 32.1. The second-order valence-corrected chi connectivity index (χ2v) is 6.56. The number of pyridine rings is 2. The smallest absolute Gasteiger partial charge is 0.229 e. The first-order valence-electron chi connectivity index (χ1n) is 7.90. The van der Waals surface area contributed by atoms with Crippen molar-refractivity contribution in [3.05, 3.63) is 61.1 Å². The summed E-state index contributed by atoms with van der Waals surface area (Å²) >= 11 is 1.54. The molecule has 6 nitrogen and oxygen atoms in total. The summed E-state index contributed by atoms with van der Waals surface area (Å²) < 4.78 is 6.96. The first kappa shape index (κ1) is 16.2. The molecular weight excluding hydrogens is 348 g/mol. The number of nitrogens with one attached hydrogen (secondary N) is 1. The molecule has 1 amide bonds. The van der Waals surface area contributed by atoms with Crippen molar-refractivity contribution >= 4 is 33.1 Å². The first-order chi connectivity index (χ1) is 12.7. The van der Waals surface area contributed by atoms with Gasteiger partial charge in [-0.3, -0.25) is 9.78 Å². The number of hydrogen-bond acceptors (Lipinski definition) is 6. The maximum Gasteiger partial charge on any atom is 0.229 e. The lowest BCUT2D eigenvalue weighted by Gasteiger charge is -2.09. The largest absolute Gasteiger partial charge is 0.438 e. The van der Waals surface area contributed by atoms with Gasteiger partial charge in [0.1, 0.15) is 10.8 Å². The van der Waals surface area contributed by atoms with Crippen molar-refractivity contribution in [2.45, 2.75) is 6.92 Å². The van der Waals surface area contributed by atoms with Crippen molar-refractivity contribution < 1.29 is 9.53 Å². The van der Waals surface area contributed by atoms with Gasteiger partial charge in [0.15, 0.2) is 0 Å². The number of nitrogens with zero attached hydrogens (tertiary/aromatic N) is 3. The number of carbonyl (C=O) groups is 1. The van der Waals surface area contributed by atoms with Crippen LogP contribution in [0.2, 0.25) is 0 Å². The number of rotatable bonds is 4. The minimum Gasteiger partial charge on any atom is -0.438 e. The summed E-state index contributed by atoms with van der Waals surface area (Å²) in [4.78, 5) is 24.2.